The fourth-order valence-electron chi connectivity index (χ4n) is 1.50. The minimum Gasteiger partial charge on any atom is -0.351 e. The Labute approximate surface area is 129 Å². The van der Waals surface area contributed by atoms with E-state index in [-0.39, 0.29) is 5.91 Å². The van der Waals surface area contributed by atoms with Crippen LogP contribution in [-0.4, -0.2) is 11.7 Å². The first-order valence-corrected chi connectivity index (χ1v) is 8.58. The Morgan fingerprint density at radius 1 is 1.26 bits per heavy atom. The van der Waals surface area contributed by atoms with Gasteiger partial charge in [-0.1, -0.05) is 18.2 Å². The summed E-state index contributed by atoms with van der Waals surface area (Å²) in [5.41, 5.74) is 0. The summed E-state index contributed by atoms with van der Waals surface area (Å²) in [6, 6.07) is 12.1. The van der Waals surface area contributed by atoms with Crippen LogP contribution in [0.1, 0.15) is 11.3 Å². The molecular weight excluding hydrogens is 342 g/mol. The monoisotopic (exact) mass is 355 g/mol. The highest BCUT2D eigenvalue weighted by Gasteiger charge is 2.04. The van der Waals surface area contributed by atoms with E-state index in [0.29, 0.717) is 13.0 Å². The summed E-state index contributed by atoms with van der Waals surface area (Å²) in [5.74, 6) is 0.895. The third kappa shape index (κ3) is 5.01. The van der Waals surface area contributed by atoms with Crippen molar-refractivity contribution in [2.45, 2.75) is 17.9 Å². The number of thioether (sulfide) groups is 1. The number of amides is 1. The van der Waals surface area contributed by atoms with Crippen molar-refractivity contribution in [1.29, 1.82) is 0 Å². The maximum atomic E-state index is 11.7. The molecule has 2 aromatic rings. The van der Waals surface area contributed by atoms with Crippen LogP contribution in [-0.2, 0) is 11.3 Å². The average Bonchev–Trinajstić information content (AvgIpc) is 2.92. The van der Waals surface area contributed by atoms with Gasteiger partial charge in [0.2, 0.25) is 5.91 Å². The first-order chi connectivity index (χ1) is 9.25. The molecule has 0 bridgehead atoms. The third-order valence-electron chi connectivity index (χ3n) is 2.46. The summed E-state index contributed by atoms with van der Waals surface area (Å²) < 4.78 is 1.08. The molecule has 1 heterocycles. The van der Waals surface area contributed by atoms with E-state index in [1.807, 2.05) is 35.7 Å². The van der Waals surface area contributed by atoms with Crippen LogP contribution in [0.4, 0.5) is 0 Å². The first kappa shape index (κ1) is 14.6. The number of nitrogens with one attached hydrogen (secondary N) is 1. The molecule has 1 aromatic heterocycles. The molecule has 0 aliphatic rings. The molecule has 0 spiro atoms. The van der Waals surface area contributed by atoms with E-state index in [9.17, 15) is 4.79 Å². The lowest BCUT2D eigenvalue weighted by molar-refractivity contribution is -0.120. The normalized spacial score (nSPS) is 10.4. The number of hydrogen-bond donors (Lipinski definition) is 1. The Kier molecular flexibility index (Phi) is 5.94. The number of halogens is 1. The van der Waals surface area contributed by atoms with Gasteiger partial charge in [-0.25, -0.2) is 0 Å². The van der Waals surface area contributed by atoms with E-state index >= 15 is 0 Å². The van der Waals surface area contributed by atoms with Gasteiger partial charge in [-0.2, -0.15) is 0 Å². The van der Waals surface area contributed by atoms with Gasteiger partial charge in [-0.05, 0) is 39.5 Å². The van der Waals surface area contributed by atoms with Gasteiger partial charge in [0.1, 0.15) is 0 Å². The zero-order valence-corrected chi connectivity index (χ0v) is 13.5. The molecule has 0 radical (unpaired) electrons. The minimum atomic E-state index is 0.105. The highest BCUT2D eigenvalue weighted by atomic mass is 79.9. The number of carbonyl (C=O) groups excluding carboxylic acids is 1. The molecule has 2 rings (SSSR count). The number of thiophene rings is 1. The topological polar surface area (TPSA) is 29.1 Å². The molecule has 1 aromatic carbocycles. The van der Waals surface area contributed by atoms with E-state index in [1.165, 1.54) is 9.77 Å². The Balaban J connectivity index is 1.68. The van der Waals surface area contributed by atoms with Crippen molar-refractivity contribution in [3.63, 3.8) is 0 Å². The van der Waals surface area contributed by atoms with Crippen LogP contribution < -0.4 is 5.32 Å². The average molecular weight is 356 g/mol. The molecule has 0 saturated heterocycles. The van der Waals surface area contributed by atoms with Crippen LogP contribution in [0.3, 0.4) is 0 Å². The molecule has 2 nitrogen and oxygen atoms in total. The maximum absolute atomic E-state index is 11.7. The van der Waals surface area contributed by atoms with E-state index in [2.05, 4.69) is 27.3 Å². The van der Waals surface area contributed by atoms with Crippen molar-refractivity contribution in [2.75, 3.05) is 5.75 Å². The predicted octanol–water partition coefficient (Wildman–Crippen LogP) is 4.31. The number of hydrogen-bond acceptors (Lipinski definition) is 3. The number of carbonyl (C=O) groups is 1. The molecule has 0 atom stereocenters. The zero-order valence-electron chi connectivity index (χ0n) is 10.3. The number of benzene rings is 1. The van der Waals surface area contributed by atoms with Crippen LogP contribution in [0.15, 0.2) is 51.1 Å². The molecule has 0 aliphatic carbocycles. The van der Waals surface area contributed by atoms with Crippen LogP contribution in [0, 0.1) is 0 Å². The van der Waals surface area contributed by atoms with Gasteiger partial charge in [0.25, 0.3) is 0 Å². The van der Waals surface area contributed by atoms with Gasteiger partial charge in [-0.15, -0.1) is 23.1 Å². The molecule has 100 valence electrons. The van der Waals surface area contributed by atoms with Crippen molar-refractivity contribution in [3.8, 4) is 0 Å². The van der Waals surface area contributed by atoms with Crippen LogP contribution >= 0.6 is 39.0 Å². The molecule has 1 N–H and O–H groups in total. The third-order valence-corrected chi connectivity index (χ3v) is 5.37. The van der Waals surface area contributed by atoms with Crippen LogP contribution in [0.25, 0.3) is 0 Å². The first-order valence-electron chi connectivity index (χ1n) is 5.92. The number of rotatable bonds is 6. The molecule has 5 heteroatoms. The second kappa shape index (κ2) is 7.72. The van der Waals surface area contributed by atoms with Gasteiger partial charge >= 0.3 is 0 Å². The van der Waals surface area contributed by atoms with Crippen molar-refractivity contribution >= 4 is 44.9 Å². The molecule has 1 amide bonds. The van der Waals surface area contributed by atoms with Gasteiger partial charge in [0.05, 0.1) is 6.54 Å². The van der Waals surface area contributed by atoms with Crippen LogP contribution in [0.5, 0.6) is 0 Å². The highest BCUT2D eigenvalue weighted by Crippen LogP contribution is 2.27. The van der Waals surface area contributed by atoms with E-state index in [4.69, 9.17) is 0 Å². The second-order valence-electron chi connectivity index (χ2n) is 3.88. The predicted molar refractivity (Wildman–Crippen MR) is 85.6 cm³/mol. The lowest BCUT2D eigenvalue weighted by Gasteiger charge is -2.05. The lowest BCUT2D eigenvalue weighted by Crippen LogP contribution is -2.22. The Morgan fingerprint density at radius 3 is 2.84 bits per heavy atom. The quantitative estimate of drug-likeness (QED) is 0.782. The van der Waals surface area contributed by atoms with Gasteiger partial charge in [0, 0.05) is 26.4 Å². The lowest BCUT2D eigenvalue weighted by atomic mass is 10.4. The standard InChI is InChI=1S/C14H14BrNOS2/c15-12-5-1-2-6-13(12)19-9-7-14(17)16-10-11-4-3-8-18-11/h1-6,8H,7,9-10H2,(H,16,17). The van der Waals surface area contributed by atoms with Crippen LogP contribution in [0.2, 0.25) is 0 Å². The molecule has 0 fully saturated rings. The smallest absolute Gasteiger partial charge is 0.221 e. The highest BCUT2D eigenvalue weighted by molar-refractivity contribution is 9.10. The Hall–Kier alpha value is -0.780. The SMILES string of the molecule is O=C(CCSc1ccccc1Br)NCc1cccs1. The summed E-state index contributed by atoms with van der Waals surface area (Å²) >= 11 is 6.86. The fourth-order valence-corrected chi connectivity index (χ4v) is 3.66. The van der Waals surface area contributed by atoms with E-state index in [0.717, 1.165) is 10.2 Å². The van der Waals surface area contributed by atoms with Crippen molar-refractivity contribution < 1.29 is 4.79 Å². The summed E-state index contributed by atoms with van der Waals surface area (Å²) in [4.78, 5) is 14.0. The zero-order chi connectivity index (χ0) is 13.5. The summed E-state index contributed by atoms with van der Waals surface area (Å²) in [7, 11) is 0. The van der Waals surface area contributed by atoms with Crippen molar-refractivity contribution in [1.82, 2.24) is 5.32 Å². The van der Waals surface area contributed by atoms with Crippen molar-refractivity contribution in [2.24, 2.45) is 0 Å². The maximum Gasteiger partial charge on any atom is 0.221 e. The fraction of sp³-hybridized carbons (Fsp3) is 0.214. The van der Waals surface area contributed by atoms with Gasteiger partial charge < -0.3 is 5.32 Å². The van der Waals surface area contributed by atoms with Gasteiger partial charge in [-0.3, -0.25) is 4.79 Å². The molecule has 0 unspecified atom stereocenters. The van der Waals surface area contributed by atoms with E-state index < -0.39 is 0 Å². The Morgan fingerprint density at radius 2 is 2.11 bits per heavy atom. The molecule has 0 aliphatic heterocycles. The second-order valence-corrected chi connectivity index (χ2v) is 6.91. The largest absolute Gasteiger partial charge is 0.351 e. The summed E-state index contributed by atoms with van der Waals surface area (Å²) in [6.07, 6.45) is 0.539. The van der Waals surface area contributed by atoms with E-state index in [1.54, 1.807) is 23.1 Å². The van der Waals surface area contributed by atoms with Gasteiger partial charge in [0.15, 0.2) is 0 Å². The Bertz CT molecular complexity index is 528. The summed E-state index contributed by atoms with van der Waals surface area (Å²) in [5, 5.41) is 4.95. The minimum absolute atomic E-state index is 0.105. The molecular formula is C14H14BrNOS2. The summed E-state index contributed by atoms with van der Waals surface area (Å²) in [6.45, 7) is 0.635. The van der Waals surface area contributed by atoms with Crippen molar-refractivity contribution in [3.05, 3.63) is 51.1 Å². The molecule has 0 saturated carbocycles. The molecule has 19 heavy (non-hydrogen) atoms.